The Labute approximate surface area is 156 Å². The number of fused-ring (bicyclic) bond motifs is 3. The molecule has 5 rings (SSSR count). The van der Waals surface area contributed by atoms with Crippen molar-refractivity contribution >= 4 is 17.5 Å². The summed E-state index contributed by atoms with van der Waals surface area (Å²) in [5.74, 6) is -0.239. The molecule has 3 aliphatic heterocycles. The number of primary amides is 1. The molecule has 9 heteroatoms. The minimum atomic E-state index is -0.588. The first kappa shape index (κ1) is 17.5. The molecule has 142 valence electrons. The summed E-state index contributed by atoms with van der Waals surface area (Å²) in [6.07, 6.45) is 3.44. The number of aromatic nitrogens is 3. The van der Waals surface area contributed by atoms with Crippen LogP contribution in [0.4, 0.5) is 5.69 Å². The van der Waals surface area contributed by atoms with Crippen molar-refractivity contribution in [3.8, 4) is 5.75 Å². The van der Waals surface area contributed by atoms with Gasteiger partial charge in [-0.3, -0.25) is 19.2 Å². The summed E-state index contributed by atoms with van der Waals surface area (Å²) in [4.78, 5) is 26.2. The Morgan fingerprint density at radius 2 is 2.22 bits per heavy atom. The van der Waals surface area contributed by atoms with Crippen LogP contribution in [0.1, 0.15) is 23.3 Å². The third kappa shape index (κ3) is 3.63. The highest BCUT2D eigenvalue weighted by Crippen LogP contribution is 2.37. The van der Waals surface area contributed by atoms with E-state index in [0.717, 1.165) is 19.4 Å². The van der Waals surface area contributed by atoms with Gasteiger partial charge in [-0.1, -0.05) is 11.3 Å². The number of phenols is 1. The summed E-state index contributed by atoms with van der Waals surface area (Å²) in [5, 5.41) is 20.2. The van der Waals surface area contributed by atoms with Crippen LogP contribution in [0.3, 0.4) is 0 Å². The number of aromatic hydroxyl groups is 1. The monoisotopic (exact) mass is 370 g/mol. The lowest BCUT2D eigenvalue weighted by molar-refractivity contribution is -0.127. The van der Waals surface area contributed by atoms with E-state index in [1.54, 1.807) is 35.1 Å². The molecule has 0 radical (unpaired) electrons. The van der Waals surface area contributed by atoms with E-state index in [1.165, 1.54) is 0 Å². The van der Waals surface area contributed by atoms with E-state index in [4.69, 9.17) is 5.73 Å². The number of hydrogen-bond acceptors (Lipinski definition) is 6. The first-order valence-corrected chi connectivity index (χ1v) is 9.03. The minimum absolute atomic E-state index is 0.00878. The summed E-state index contributed by atoms with van der Waals surface area (Å²) in [5.41, 5.74) is 5.99. The maximum atomic E-state index is 12.7. The Morgan fingerprint density at radius 1 is 1.37 bits per heavy atom. The van der Waals surface area contributed by atoms with Crippen molar-refractivity contribution in [2.24, 2.45) is 17.6 Å². The quantitative estimate of drug-likeness (QED) is 0.701. The SMILES string of the molecule is NC(=O)c1cn(C[C@H]2C[C@H]3CCN2C[C@H]3C(=O)Nc2cccc(O)c2)nn1. The molecule has 2 amide bonds. The lowest BCUT2D eigenvalue weighted by atomic mass is 9.75. The van der Waals surface area contributed by atoms with Gasteiger partial charge in [-0.15, -0.1) is 5.10 Å². The van der Waals surface area contributed by atoms with Gasteiger partial charge < -0.3 is 16.2 Å². The molecule has 1 aromatic heterocycles. The van der Waals surface area contributed by atoms with Gasteiger partial charge in [-0.2, -0.15) is 0 Å². The number of benzene rings is 1. The molecule has 2 bridgehead atoms. The zero-order valence-corrected chi connectivity index (χ0v) is 14.8. The highest BCUT2D eigenvalue weighted by molar-refractivity contribution is 5.93. The molecule has 1 aromatic carbocycles. The number of rotatable bonds is 5. The highest BCUT2D eigenvalue weighted by Gasteiger charge is 2.43. The number of nitrogens with one attached hydrogen (secondary N) is 1. The fourth-order valence-corrected chi connectivity index (χ4v) is 4.16. The normalized spacial score (nSPS) is 26.7. The molecule has 0 saturated carbocycles. The predicted octanol–water partition coefficient (Wildman–Crippen LogP) is 0.432. The molecule has 4 N–H and O–H groups in total. The summed E-state index contributed by atoms with van der Waals surface area (Å²) < 4.78 is 1.65. The molecule has 0 spiro atoms. The van der Waals surface area contributed by atoms with Gasteiger partial charge in [-0.05, 0) is 37.4 Å². The molecular formula is C18H22N6O3. The van der Waals surface area contributed by atoms with Crippen molar-refractivity contribution in [3.63, 3.8) is 0 Å². The third-order valence-corrected chi connectivity index (χ3v) is 5.52. The topological polar surface area (TPSA) is 126 Å². The second-order valence-electron chi connectivity index (χ2n) is 7.27. The third-order valence-electron chi connectivity index (χ3n) is 5.52. The maximum Gasteiger partial charge on any atom is 0.270 e. The molecular weight excluding hydrogens is 348 g/mol. The van der Waals surface area contributed by atoms with Crippen LogP contribution in [-0.4, -0.2) is 55.9 Å². The average Bonchev–Trinajstić information content (AvgIpc) is 3.11. The van der Waals surface area contributed by atoms with Crippen molar-refractivity contribution in [2.75, 3.05) is 18.4 Å². The summed E-state index contributed by atoms with van der Waals surface area (Å²) in [6.45, 7) is 2.26. The zero-order chi connectivity index (χ0) is 19.0. The number of amides is 2. The predicted molar refractivity (Wildman–Crippen MR) is 96.9 cm³/mol. The fraction of sp³-hybridized carbons (Fsp3) is 0.444. The Hall–Kier alpha value is -2.94. The minimum Gasteiger partial charge on any atom is -0.508 e. The van der Waals surface area contributed by atoms with Gasteiger partial charge in [-0.25, -0.2) is 0 Å². The summed E-state index contributed by atoms with van der Waals surface area (Å²) >= 11 is 0. The maximum absolute atomic E-state index is 12.7. The van der Waals surface area contributed by atoms with E-state index >= 15 is 0 Å². The smallest absolute Gasteiger partial charge is 0.270 e. The standard InChI is InChI=1S/C18H22N6O3/c19-17(26)16-10-24(22-21-16)8-13-6-11-4-5-23(13)9-15(11)18(27)20-12-2-1-3-14(25)7-12/h1-3,7,10-11,13,15,25H,4-6,8-9H2,(H2,19,26)(H,20,27)/t11-,13-,15-/m1/s1. The number of carbonyl (C=O) groups is 2. The number of phenolic OH excluding ortho intramolecular Hbond substituents is 1. The van der Waals surface area contributed by atoms with Crippen molar-refractivity contribution < 1.29 is 14.7 Å². The average molecular weight is 370 g/mol. The molecule has 9 nitrogen and oxygen atoms in total. The van der Waals surface area contributed by atoms with Crippen LogP contribution in [0.5, 0.6) is 5.75 Å². The van der Waals surface area contributed by atoms with Gasteiger partial charge in [0.05, 0.1) is 18.7 Å². The first-order valence-electron chi connectivity index (χ1n) is 9.03. The van der Waals surface area contributed by atoms with Gasteiger partial charge in [0.2, 0.25) is 5.91 Å². The molecule has 3 fully saturated rings. The lowest BCUT2D eigenvalue weighted by Crippen LogP contribution is -2.57. The van der Waals surface area contributed by atoms with Gasteiger partial charge in [0.1, 0.15) is 5.75 Å². The van der Waals surface area contributed by atoms with Crippen LogP contribution in [0.25, 0.3) is 0 Å². The largest absolute Gasteiger partial charge is 0.508 e. The van der Waals surface area contributed by atoms with Gasteiger partial charge >= 0.3 is 0 Å². The lowest BCUT2D eigenvalue weighted by Gasteiger charge is -2.49. The van der Waals surface area contributed by atoms with Crippen LogP contribution in [0.2, 0.25) is 0 Å². The molecule has 0 aliphatic carbocycles. The Morgan fingerprint density at radius 3 is 2.89 bits per heavy atom. The van der Waals surface area contributed by atoms with E-state index in [9.17, 15) is 14.7 Å². The molecule has 4 atom stereocenters. The molecule has 3 saturated heterocycles. The number of nitrogens with zero attached hydrogens (tertiary/aromatic N) is 4. The molecule has 3 aliphatic rings. The zero-order valence-electron chi connectivity index (χ0n) is 14.8. The van der Waals surface area contributed by atoms with Crippen LogP contribution < -0.4 is 11.1 Å². The number of carbonyl (C=O) groups excluding carboxylic acids is 2. The van der Waals surface area contributed by atoms with Crippen molar-refractivity contribution in [1.29, 1.82) is 0 Å². The van der Waals surface area contributed by atoms with Gasteiger partial charge in [0.15, 0.2) is 5.69 Å². The fourth-order valence-electron chi connectivity index (χ4n) is 4.16. The van der Waals surface area contributed by atoms with E-state index in [-0.39, 0.29) is 29.3 Å². The van der Waals surface area contributed by atoms with E-state index in [1.807, 2.05) is 0 Å². The Bertz CT molecular complexity index is 866. The van der Waals surface area contributed by atoms with Crippen LogP contribution in [-0.2, 0) is 11.3 Å². The van der Waals surface area contributed by atoms with Gasteiger partial charge in [0, 0.05) is 24.3 Å². The van der Waals surface area contributed by atoms with Crippen molar-refractivity contribution in [2.45, 2.75) is 25.4 Å². The number of anilines is 1. The van der Waals surface area contributed by atoms with Crippen LogP contribution in [0.15, 0.2) is 30.5 Å². The molecule has 4 heterocycles. The summed E-state index contributed by atoms with van der Waals surface area (Å²) in [7, 11) is 0. The van der Waals surface area contributed by atoms with E-state index in [2.05, 4.69) is 20.5 Å². The number of piperidine rings is 3. The Balaban J connectivity index is 1.39. The summed E-state index contributed by atoms with van der Waals surface area (Å²) in [6, 6.07) is 6.85. The highest BCUT2D eigenvalue weighted by atomic mass is 16.3. The molecule has 27 heavy (non-hydrogen) atoms. The second kappa shape index (κ2) is 6.99. The second-order valence-corrected chi connectivity index (χ2v) is 7.27. The molecule has 2 aromatic rings. The van der Waals surface area contributed by atoms with Crippen molar-refractivity contribution in [1.82, 2.24) is 19.9 Å². The number of hydrogen-bond donors (Lipinski definition) is 3. The Kier molecular flexibility index (Phi) is 4.53. The van der Waals surface area contributed by atoms with Crippen molar-refractivity contribution in [3.05, 3.63) is 36.2 Å². The van der Waals surface area contributed by atoms with E-state index in [0.29, 0.717) is 24.7 Å². The van der Waals surface area contributed by atoms with Gasteiger partial charge in [0.25, 0.3) is 5.91 Å². The van der Waals surface area contributed by atoms with E-state index < -0.39 is 5.91 Å². The van der Waals surface area contributed by atoms with Crippen LogP contribution >= 0.6 is 0 Å². The molecule has 1 unspecified atom stereocenters. The first-order chi connectivity index (χ1) is 13.0. The van der Waals surface area contributed by atoms with Crippen LogP contribution in [0, 0.1) is 11.8 Å². The number of nitrogens with two attached hydrogens (primary N) is 1.